The Balaban J connectivity index is 1.84. The second kappa shape index (κ2) is 7.20. The van der Waals surface area contributed by atoms with Crippen molar-refractivity contribution in [1.82, 2.24) is 10.3 Å². The Labute approximate surface area is 122 Å². The Hall–Kier alpha value is -1.67. The third-order valence-corrected chi connectivity index (χ3v) is 3.66. The van der Waals surface area contributed by atoms with Gasteiger partial charge in [-0.2, -0.15) is 0 Å². The van der Waals surface area contributed by atoms with Crippen LogP contribution in [0.25, 0.3) is 0 Å². The smallest absolute Gasteiger partial charge is 0.0416 e. The van der Waals surface area contributed by atoms with Gasteiger partial charge in [-0.25, -0.2) is 0 Å². The van der Waals surface area contributed by atoms with Gasteiger partial charge in [0.15, 0.2) is 0 Å². The van der Waals surface area contributed by atoms with Crippen molar-refractivity contribution < 1.29 is 0 Å². The summed E-state index contributed by atoms with van der Waals surface area (Å²) in [5.41, 5.74) is 3.88. The first-order valence-corrected chi connectivity index (χ1v) is 7.40. The van der Waals surface area contributed by atoms with Crippen LogP contribution in [0.1, 0.15) is 49.6 Å². The number of hydrogen-bond donors (Lipinski definition) is 1. The first kappa shape index (κ1) is 14.7. The van der Waals surface area contributed by atoms with Crippen molar-refractivity contribution in [2.24, 2.45) is 0 Å². The van der Waals surface area contributed by atoms with Crippen LogP contribution < -0.4 is 5.32 Å². The lowest BCUT2D eigenvalue weighted by Crippen LogP contribution is -2.21. The van der Waals surface area contributed by atoms with Crippen LogP contribution in [0.3, 0.4) is 0 Å². The van der Waals surface area contributed by atoms with E-state index in [1.54, 1.807) is 0 Å². The minimum atomic E-state index is 0.375. The standard InChI is InChI=1S/C18H24N2/c1-14(2)16-7-9-17(10-8-16)15(3)19-13-11-18-6-4-5-12-20-18/h4-10,12,14-15,19H,11,13H2,1-3H3. The van der Waals surface area contributed by atoms with E-state index in [1.807, 2.05) is 18.3 Å². The van der Waals surface area contributed by atoms with E-state index in [-0.39, 0.29) is 0 Å². The number of benzene rings is 1. The van der Waals surface area contributed by atoms with E-state index in [1.165, 1.54) is 11.1 Å². The highest BCUT2D eigenvalue weighted by atomic mass is 14.9. The largest absolute Gasteiger partial charge is 0.310 e. The molecule has 1 heterocycles. The fraction of sp³-hybridized carbons (Fsp3) is 0.389. The summed E-state index contributed by atoms with van der Waals surface area (Å²) in [6.45, 7) is 7.61. The van der Waals surface area contributed by atoms with E-state index in [0.29, 0.717) is 12.0 Å². The van der Waals surface area contributed by atoms with Gasteiger partial charge in [0.25, 0.3) is 0 Å². The van der Waals surface area contributed by atoms with E-state index in [9.17, 15) is 0 Å². The lowest BCUT2D eigenvalue weighted by molar-refractivity contribution is 0.573. The summed E-state index contributed by atoms with van der Waals surface area (Å²) in [4.78, 5) is 4.34. The SMILES string of the molecule is CC(C)c1ccc(C(C)NCCc2ccccn2)cc1. The number of hydrogen-bond acceptors (Lipinski definition) is 2. The van der Waals surface area contributed by atoms with E-state index in [0.717, 1.165) is 18.7 Å². The highest BCUT2D eigenvalue weighted by Crippen LogP contribution is 2.18. The summed E-state index contributed by atoms with van der Waals surface area (Å²) in [7, 11) is 0. The number of nitrogens with zero attached hydrogens (tertiary/aromatic N) is 1. The zero-order valence-corrected chi connectivity index (χ0v) is 12.6. The summed E-state index contributed by atoms with van der Waals surface area (Å²) >= 11 is 0. The molecule has 0 saturated carbocycles. The van der Waals surface area contributed by atoms with Gasteiger partial charge in [-0.1, -0.05) is 44.2 Å². The highest BCUT2D eigenvalue weighted by molar-refractivity contribution is 5.26. The average Bonchev–Trinajstić information content (AvgIpc) is 2.48. The lowest BCUT2D eigenvalue weighted by Gasteiger charge is -2.15. The van der Waals surface area contributed by atoms with Crippen molar-refractivity contribution in [3.8, 4) is 0 Å². The maximum absolute atomic E-state index is 4.34. The van der Waals surface area contributed by atoms with Crippen LogP contribution in [0.5, 0.6) is 0 Å². The van der Waals surface area contributed by atoms with Gasteiger partial charge in [-0.3, -0.25) is 4.98 Å². The van der Waals surface area contributed by atoms with Gasteiger partial charge >= 0.3 is 0 Å². The molecule has 106 valence electrons. The summed E-state index contributed by atoms with van der Waals surface area (Å²) < 4.78 is 0. The van der Waals surface area contributed by atoms with Crippen LogP contribution in [0, 0.1) is 0 Å². The van der Waals surface area contributed by atoms with Gasteiger partial charge in [-0.05, 0) is 36.1 Å². The number of rotatable bonds is 6. The van der Waals surface area contributed by atoms with Crippen LogP contribution in [-0.2, 0) is 6.42 Å². The van der Waals surface area contributed by atoms with E-state index >= 15 is 0 Å². The molecule has 0 aliphatic rings. The molecule has 0 spiro atoms. The monoisotopic (exact) mass is 268 g/mol. The number of nitrogens with one attached hydrogen (secondary N) is 1. The average molecular weight is 268 g/mol. The first-order chi connectivity index (χ1) is 9.66. The Bertz CT molecular complexity index is 503. The maximum atomic E-state index is 4.34. The molecule has 0 aliphatic heterocycles. The molecule has 1 N–H and O–H groups in total. The molecule has 0 saturated heterocycles. The van der Waals surface area contributed by atoms with Gasteiger partial charge in [0.1, 0.15) is 0 Å². The second-order valence-corrected chi connectivity index (χ2v) is 5.57. The fourth-order valence-electron chi connectivity index (χ4n) is 2.25. The summed E-state index contributed by atoms with van der Waals surface area (Å²) in [5, 5.41) is 3.56. The number of pyridine rings is 1. The predicted molar refractivity (Wildman–Crippen MR) is 84.9 cm³/mol. The van der Waals surface area contributed by atoms with Crippen molar-refractivity contribution in [2.75, 3.05) is 6.54 Å². The molecule has 2 nitrogen and oxygen atoms in total. The fourth-order valence-corrected chi connectivity index (χ4v) is 2.25. The summed E-state index contributed by atoms with van der Waals surface area (Å²) in [6, 6.07) is 15.4. The molecule has 2 aromatic rings. The van der Waals surface area contributed by atoms with Crippen LogP contribution in [0.2, 0.25) is 0 Å². The van der Waals surface area contributed by atoms with E-state index in [4.69, 9.17) is 0 Å². The number of aromatic nitrogens is 1. The summed E-state index contributed by atoms with van der Waals surface area (Å²) in [6.07, 6.45) is 2.82. The van der Waals surface area contributed by atoms with Gasteiger partial charge < -0.3 is 5.32 Å². The molecule has 0 amide bonds. The Morgan fingerprint density at radius 2 is 1.65 bits per heavy atom. The van der Waals surface area contributed by atoms with Gasteiger partial charge in [0, 0.05) is 30.9 Å². The molecule has 0 aliphatic carbocycles. The van der Waals surface area contributed by atoms with Gasteiger partial charge in [-0.15, -0.1) is 0 Å². The van der Waals surface area contributed by atoms with Crippen LogP contribution in [0.4, 0.5) is 0 Å². The van der Waals surface area contributed by atoms with Gasteiger partial charge in [0.2, 0.25) is 0 Å². The maximum Gasteiger partial charge on any atom is 0.0416 e. The third kappa shape index (κ3) is 4.17. The van der Waals surface area contributed by atoms with Crippen LogP contribution in [0.15, 0.2) is 48.7 Å². The molecule has 0 bridgehead atoms. The molecule has 0 fully saturated rings. The molecule has 1 unspecified atom stereocenters. The molecule has 20 heavy (non-hydrogen) atoms. The quantitative estimate of drug-likeness (QED) is 0.853. The minimum absolute atomic E-state index is 0.375. The second-order valence-electron chi connectivity index (χ2n) is 5.57. The molecule has 2 heteroatoms. The molecule has 1 aromatic carbocycles. The van der Waals surface area contributed by atoms with Crippen molar-refractivity contribution >= 4 is 0 Å². The third-order valence-electron chi connectivity index (χ3n) is 3.66. The highest BCUT2D eigenvalue weighted by Gasteiger charge is 2.05. The molecule has 1 aromatic heterocycles. The van der Waals surface area contributed by atoms with E-state index in [2.05, 4.69) is 61.4 Å². The molecule has 2 rings (SSSR count). The van der Waals surface area contributed by atoms with E-state index < -0.39 is 0 Å². The zero-order chi connectivity index (χ0) is 14.4. The molecule has 0 radical (unpaired) electrons. The topological polar surface area (TPSA) is 24.9 Å². The molecule has 1 atom stereocenters. The van der Waals surface area contributed by atoms with Crippen LogP contribution >= 0.6 is 0 Å². The normalized spacial score (nSPS) is 12.6. The van der Waals surface area contributed by atoms with Crippen molar-refractivity contribution in [1.29, 1.82) is 0 Å². The first-order valence-electron chi connectivity index (χ1n) is 7.40. The van der Waals surface area contributed by atoms with Crippen LogP contribution in [-0.4, -0.2) is 11.5 Å². The minimum Gasteiger partial charge on any atom is -0.310 e. The van der Waals surface area contributed by atoms with Crippen molar-refractivity contribution in [3.05, 3.63) is 65.5 Å². The van der Waals surface area contributed by atoms with Crippen molar-refractivity contribution in [3.63, 3.8) is 0 Å². The molecular formula is C18H24N2. The Morgan fingerprint density at radius 1 is 0.950 bits per heavy atom. The van der Waals surface area contributed by atoms with Crippen molar-refractivity contribution in [2.45, 2.75) is 39.2 Å². The lowest BCUT2D eigenvalue weighted by atomic mass is 9.99. The Morgan fingerprint density at radius 3 is 2.25 bits per heavy atom. The zero-order valence-electron chi connectivity index (χ0n) is 12.6. The predicted octanol–water partition coefficient (Wildman–Crippen LogP) is 4.10. The Kier molecular flexibility index (Phi) is 5.31. The van der Waals surface area contributed by atoms with Gasteiger partial charge in [0.05, 0.1) is 0 Å². The summed E-state index contributed by atoms with van der Waals surface area (Å²) in [5.74, 6) is 0.594. The molecular weight excluding hydrogens is 244 g/mol.